The van der Waals surface area contributed by atoms with E-state index in [-0.39, 0.29) is 18.7 Å². The first-order valence-electron chi connectivity index (χ1n) is 9.93. The van der Waals surface area contributed by atoms with E-state index >= 15 is 0 Å². The number of carboxylic acids is 1. The maximum Gasteiger partial charge on any atom is 0.321 e. The fourth-order valence-electron chi connectivity index (χ4n) is 3.50. The minimum absolute atomic E-state index is 0.0424. The van der Waals surface area contributed by atoms with E-state index in [1.807, 2.05) is 42.5 Å². The summed E-state index contributed by atoms with van der Waals surface area (Å²) in [6, 6.07) is 18.4. The molecule has 0 radical (unpaired) electrons. The van der Waals surface area contributed by atoms with Crippen LogP contribution in [-0.2, 0) is 17.8 Å². The number of methoxy groups -OCH3 is 2. The molecule has 0 amide bonds. The highest BCUT2D eigenvalue weighted by Gasteiger charge is 2.20. The number of hydrogen-bond acceptors (Lipinski definition) is 6. The zero-order valence-corrected chi connectivity index (χ0v) is 17.8. The predicted molar refractivity (Wildman–Crippen MR) is 120 cm³/mol. The average Bonchev–Trinajstić information content (AvgIpc) is 2.81. The number of para-hydroxylation sites is 1. The van der Waals surface area contributed by atoms with E-state index in [4.69, 9.17) is 9.47 Å². The average molecular weight is 436 g/mol. The molecular weight excluding hydrogens is 412 g/mol. The van der Waals surface area contributed by atoms with E-state index in [2.05, 4.69) is 5.32 Å². The molecule has 32 heavy (non-hydrogen) atoms. The summed E-state index contributed by atoms with van der Waals surface area (Å²) in [6.07, 6.45) is 0.222. The molecule has 3 aromatic rings. The van der Waals surface area contributed by atoms with Gasteiger partial charge in [0.25, 0.3) is 5.69 Å². The van der Waals surface area contributed by atoms with Gasteiger partial charge in [0, 0.05) is 18.2 Å². The van der Waals surface area contributed by atoms with Crippen LogP contribution in [0, 0.1) is 10.1 Å². The van der Waals surface area contributed by atoms with Gasteiger partial charge in [-0.05, 0) is 29.7 Å². The van der Waals surface area contributed by atoms with Crippen molar-refractivity contribution in [3.8, 4) is 22.6 Å². The van der Waals surface area contributed by atoms with Gasteiger partial charge in [0.15, 0.2) is 0 Å². The zero-order chi connectivity index (χ0) is 23.1. The fraction of sp³-hybridized carbons (Fsp3) is 0.208. The first kappa shape index (κ1) is 22.8. The Kier molecular flexibility index (Phi) is 7.41. The molecule has 166 valence electrons. The molecule has 0 bridgehead atoms. The number of carbonyl (C=O) groups is 1. The van der Waals surface area contributed by atoms with Crippen LogP contribution in [0.2, 0.25) is 0 Å². The Hall–Kier alpha value is -3.91. The molecule has 0 aliphatic heterocycles. The highest BCUT2D eigenvalue weighted by molar-refractivity contribution is 5.77. The zero-order valence-electron chi connectivity index (χ0n) is 17.8. The smallest absolute Gasteiger partial charge is 0.321 e. The summed E-state index contributed by atoms with van der Waals surface area (Å²) in [4.78, 5) is 22.5. The predicted octanol–water partition coefficient (Wildman–Crippen LogP) is 4.06. The van der Waals surface area contributed by atoms with E-state index in [0.29, 0.717) is 17.1 Å². The Labute approximate surface area is 185 Å². The van der Waals surface area contributed by atoms with Crippen molar-refractivity contribution in [2.45, 2.75) is 19.0 Å². The summed E-state index contributed by atoms with van der Waals surface area (Å²) in [6.45, 7) is 0.0740. The van der Waals surface area contributed by atoms with Crippen molar-refractivity contribution in [3.05, 3.63) is 88.0 Å². The van der Waals surface area contributed by atoms with Crippen LogP contribution < -0.4 is 14.8 Å². The van der Waals surface area contributed by atoms with Crippen molar-refractivity contribution >= 4 is 11.7 Å². The first-order valence-corrected chi connectivity index (χ1v) is 9.93. The van der Waals surface area contributed by atoms with E-state index in [9.17, 15) is 20.0 Å². The second-order valence-electron chi connectivity index (χ2n) is 7.10. The second-order valence-corrected chi connectivity index (χ2v) is 7.10. The topological polar surface area (TPSA) is 111 Å². The summed E-state index contributed by atoms with van der Waals surface area (Å²) in [5.41, 5.74) is 2.89. The molecule has 8 heteroatoms. The molecule has 0 aliphatic carbocycles. The monoisotopic (exact) mass is 436 g/mol. The third kappa shape index (κ3) is 5.22. The number of carboxylic acid groups (broad SMARTS) is 1. The van der Waals surface area contributed by atoms with Gasteiger partial charge in [-0.15, -0.1) is 0 Å². The van der Waals surface area contributed by atoms with Gasteiger partial charge in [0.2, 0.25) is 0 Å². The lowest BCUT2D eigenvalue weighted by atomic mass is 9.99. The van der Waals surface area contributed by atoms with Crippen LogP contribution in [0.4, 0.5) is 5.69 Å². The number of nitrogens with one attached hydrogen (secondary N) is 1. The van der Waals surface area contributed by atoms with Crippen LogP contribution in [0.15, 0.2) is 66.7 Å². The number of nitrogens with zero attached hydrogens (tertiary/aromatic N) is 1. The highest BCUT2D eigenvalue weighted by Crippen LogP contribution is 2.38. The molecule has 0 aliphatic rings. The number of rotatable bonds is 10. The Morgan fingerprint density at radius 1 is 1.00 bits per heavy atom. The van der Waals surface area contributed by atoms with Gasteiger partial charge >= 0.3 is 5.97 Å². The Balaban J connectivity index is 1.76. The van der Waals surface area contributed by atoms with Crippen LogP contribution >= 0.6 is 0 Å². The van der Waals surface area contributed by atoms with Gasteiger partial charge in [-0.3, -0.25) is 20.2 Å². The number of nitro groups is 1. The number of ether oxygens (including phenoxy) is 2. The Morgan fingerprint density at radius 2 is 1.62 bits per heavy atom. The third-order valence-corrected chi connectivity index (χ3v) is 5.14. The van der Waals surface area contributed by atoms with E-state index in [0.717, 1.165) is 16.7 Å². The van der Waals surface area contributed by atoms with Gasteiger partial charge in [-0.1, -0.05) is 48.5 Å². The summed E-state index contributed by atoms with van der Waals surface area (Å²) >= 11 is 0. The minimum atomic E-state index is -1.03. The van der Waals surface area contributed by atoms with Crippen molar-refractivity contribution < 1.29 is 24.3 Å². The van der Waals surface area contributed by atoms with Crippen LogP contribution in [0.25, 0.3) is 11.1 Å². The van der Waals surface area contributed by atoms with Gasteiger partial charge in [0.05, 0.1) is 24.7 Å². The van der Waals surface area contributed by atoms with Crippen LogP contribution in [0.1, 0.15) is 11.1 Å². The van der Waals surface area contributed by atoms with Crippen LogP contribution in [0.3, 0.4) is 0 Å². The lowest BCUT2D eigenvalue weighted by Gasteiger charge is -2.16. The summed E-state index contributed by atoms with van der Waals surface area (Å²) in [5, 5.41) is 23.7. The second kappa shape index (κ2) is 10.4. The standard InChI is InChI=1S/C24H24N2O6/c1-31-21-8-5-9-22(32-2)23(21)17-12-10-16(11-13-17)14-19(24(27)28)25-15-18-6-3-4-7-20(18)26(29)30/h3-13,19,25H,14-15H2,1-2H3,(H,27,28)/t19-/m0/s1. The molecule has 0 aromatic heterocycles. The van der Waals surface area contributed by atoms with Crippen LogP contribution in [0.5, 0.6) is 11.5 Å². The largest absolute Gasteiger partial charge is 0.496 e. The summed E-state index contributed by atoms with van der Waals surface area (Å²) in [5.74, 6) is 0.317. The summed E-state index contributed by atoms with van der Waals surface area (Å²) in [7, 11) is 3.18. The normalized spacial score (nSPS) is 11.6. The van der Waals surface area contributed by atoms with Crippen molar-refractivity contribution in [1.29, 1.82) is 0 Å². The number of benzene rings is 3. The van der Waals surface area contributed by atoms with Crippen molar-refractivity contribution in [3.63, 3.8) is 0 Å². The highest BCUT2D eigenvalue weighted by atomic mass is 16.6. The van der Waals surface area contributed by atoms with E-state index in [1.165, 1.54) is 6.07 Å². The maximum absolute atomic E-state index is 11.8. The molecule has 1 atom stereocenters. The van der Waals surface area contributed by atoms with Gasteiger partial charge in [0.1, 0.15) is 17.5 Å². The fourth-order valence-corrected chi connectivity index (χ4v) is 3.50. The number of hydrogen-bond donors (Lipinski definition) is 2. The third-order valence-electron chi connectivity index (χ3n) is 5.14. The van der Waals surface area contributed by atoms with E-state index in [1.54, 1.807) is 32.4 Å². The Bertz CT molecular complexity index is 1080. The van der Waals surface area contributed by atoms with Crippen molar-refractivity contribution in [2.24, 2.45) is 0 Å². The molecule has 3 aromatic carbocycles. The van der Waals surface area contributed by atoms with E-state index < -0.39 is 16.9 Å². The molecule has 0 heterocycles. The van der Waals surface area contributed by atoms with Gasteiger partial charge in [-0.2, -0.15) is 0 Å². The molecule has 0 fully saturated rings. The first-order chi connectivity index (χ1) is 15.4. The maximum atomic E-state index is 11.8. The van der Waals surface area contributed by atoms with Crippen LogP contribution in [-0.4, -0.2) is 36.3 Å². The molecule has 8 nitrogen and oxygen atoms in total. The molecular formula is C24H24N2O6. The lowest BCUT2D eigenvalue weighted by molar-refractivity contribution is -0.385. The quantitative estimate of drug-likeness (QED) is 0.364. The van der Waals surface area contributed by atoms with Gasteiger partial charge in [-0.25, -0.2) is 0 Å². The molecule has 2 N–H and O–H groups in total. The SMILES string of the molecule is COc1cccc(OC)c1-c1ccc(C[C@H](NCc2ccccc2[N+](=O)[O-])C(=O)O)cc1. The molecule has 0 saturated carbocycles. The number of aliphatic carboxylic acids is 1. The van der Waals surface area contributed by atoms with Crippen molar-refractivity contribution in [2.75, 3.05) is 14.2 Å². The summed E-state index contributed by atoms with van der Waals surface area (Å²) < 4.78 is 10.9. The molecule has 3 rings (SSSR count). The van der Waals surface area contributed by atoms with Crippen molar-refractivity contribution in [1.82, 2.24) is 5.32 Å². The molecule has 0 spiro atoms. The van der Waals surface area contributed by atoms with Gasteiger partial charge < -0.3 is 14.6 Å². The molecule has 0 unspecified atom stereocenters. The Morgan fingerprint density at radius 3 is 2.19 bits per heavy atom. The minimum Gasteiger partial charge on any atom is -0.496 e. The lowest BCUT2D eigenvalue weighted by Crippen LogP contribution is -2.38. The number of nitro benzene ring substituents is 1. The molecule has 0 saturated heterocycles.